The number of carbonyl (C=O) groups is 1. The molecule has 1 atom stereocenters. The Bertz CT molecular complexity index is 472. The molecular weight excluding hydrogens is 258 g/mol. The van der Waals surface area contributed by atoms with Crippen LogP contribution < -0.4 is 11.1 Å². The molecule has 1 aromatic rings. The van der Waals surface area contributed by atoms with Gasteiger partial charge in [-0.25, -0.2) is 0 Å². The van der Waals surface area contributed by atoms with Crippen LogP contribution in [0.1, 0.15) is 31.9 Å². The standard InChI is InChI=1S/C14H21N3O3/c1-14(2,20-3)9-11(18)16-12(13(15)17-19)10-7-5-4-6-8-10/h4-8,12,19H,9H2,1-3H3,(H2,15,17)(H,16,18). The molecule has 0 radical (unpaired) electrons. The molecule has 0 fully saturated rings. The van der Waals surface area contributed by atoms with E-state index in [1.807, 2.05) is 32.0 Å². The van der Waals surface area contributed by atoms with Gasteiger partial charge < -0.3 is 21.0 Å². The van der Waals surface area contributed by atoms with E-state index in [1.165, 1.54) is 0 Å². The van der Waals surface area contributed by atoms with E-state index in [0.29, 0.717) is 0 Å². The molecule has 4 N–H and O–H groups in total. The van der Waals surface area contributed by atoms with Gasteiger partial charge in [0.15, 0.2) is 5.84 Å². The first-order valence-electron chi connectivity index (χ1n) is 6.26. The highest BCUT2D eigenvalue weighted by molar-refractivity contribution is 5.91. The van der Waals surface area contributed by atoms with Crippen molar-refractivity contribution in [3.63, 3.8) is 0 Å². The van der Waals surface area contributed by atoms with Crippen LogP contribution in [0.5, 0.6) is 0 Å². The van der Waals surface area contributed by atoms with Crippen LogP contribution in [-0.4, -0.2) is 29.7 Å². The maximum atomic E-state index is 12.0. The fraction of sp³-hybridized carbons (Fsp3) is 0.429. The van der Waals surface area contributed by atoms with E-state index in [2.05, 4.69) is 10.5 Å². The minimum absolute atomic E-state index is 0.0697. The Morgan fingerprint density at radius 2 is 2.05 bits per heavy atom. The fourth-order valence-electron chi connectivity index (χ4n) is 1.70. The Morgan fingerprint density at radius 3 is 2.55 bits per heavy atom. The summed E-state index contributed by atoms with van der Waals surface area (Å²) in [5.41, 5.74) is 5.82. The van der Waals surface area contributed by atoms with Gasteiger partial charge >= 0.3 is 0 Å². The smallest absolute Gasteiger partial charge is 0.223 e. The maximum Gasteiger partial charge on any atom is 0.223 e. The van der Waals surface area contributed by atoms with Gasteiger partial charge in [-0.2, -0.15) is 0 Å². The number of rotatable bonds is 6. The molecule has 1 amide bonds. The lowest BCUT2D eigenvalue weighted by Gasteiger charge is -2.24. The Labute approximate surface area is 118 Å². The quantitative estimate of drug-likeness (QED) is 0.317. The molecular formula is C14H21N3O3. The second-order valence-corrected chi connectivity index (χ2v) is 5.08. The Morgan fingerprint density at radius 1 is 1.45 bits per heavy atom. The zero-order chi connectivity index (χ0) is 15.2. The number of nitrogens with two attached hydrogens (primary N) is 1. The van der Waals surface area contributed by atoms with Crippen LogP contribution in [0, 0.1) is 0 Å². The summed E-state index contributed by atoms with van der Waals surface area (Å²) in [7, 11) is 1.55. The minimum Gasteiger partial charge on any atom is -0.409 e. The largest absolute Gasteiger partial charge is 0.409 e. The number of methoxy groups -OCH3 is 1. The molecule has 0 aliphatic carbocycles. The van der Waals surface area contributed by atoms with E-state index in [-0.39, 0.29) is 18.2 Å². The highest BCUT2D eigenvalue weighted by Crippen LogP contribution is 2.16. The maximum absolute atomic E-state index is 12.0. The molecule has 0 spiro atoms. The van der Waals surface area contributed by atoms with E-state index < -0.39 is 11.6 Å². The van der Waals surface area contributed by atoms with Crippen molar-refractivity contribution in [3.05, 3.63) is 35.9 Å². The molecule has 0 bridgehead atoms. The van der Waals surface area contributed by atoms with Crippen LogP contribution in [0.3, 0.4) is 0 Å². The zero-order valence-electron chi connectivity index (χ0n) is 12.0. The second kappa shape index (κ2) is 6.91. The lowest BCUT2D eigenvalue weighted by molar-refractivity contribution is -0.126. The van der Waals surface area contributed by atoms with Gasteiger partial charge in [-0.15, -0.1) is 0 Å². The third-order valence-electron chi connectivity index (χ3n) is 2.99. The van der Waals surface area contributed by atoms with Gasteiger partial charge in [0.2, 0.25) is 5.91 Å². The molecule has 0 aliphatic rings. The van der Waals surface area contributed by atoms with Crippen molar-refractivity contribution in [3.8, 4) is 0 Å². The highest BCUT2D eigenvalue weighted by atomic mass is 16.5. The van der Waals surface area contributed by atoms with E-state index in [9.17, 15) is 4.79 Å². The van der Waals surface area contributed by atoms with Crippen molar-refractivity contribution >= 4 is 11.7 Å². The Kier molecular flexibility index (Phi) is 5.52. The third kappa shape index (κ3) is 4.55. The number of amides is 1. The number of ether oxygens (including phenoxy) is 1. The zero-order valence-corrected chi connectivity index (χ0v) is 12.0. The molecule has 6 nitrogen and oxygen atoms in total. The summed E-state index contributed by atoms with van der Waals surface area (Å²) in [5, 5.41) is 14.6. The molecule has 0 heterocycles. The van der Waals surface area contributed by atoms with Crippen molar-refractivity contribution in [2.75, 3.05) is 7.11 Å². The van der Waals surface area contributed by atoms with Gasteiger partial charge in [0.05, 0.1) is 12.0 Å². The minimum atomic E-state index is -0.665. The lowest BCUT2D eigenvalue weighted by atomic mass is 10.0. The molecule has 1 aromatic carbocycles. The molecule has 110 valence electrons. The van der Waals surface area contributed by atoms with Crippen LogP contribution in [-0.2, 0) is 9.53 Å². The lowest BCUT2D eigenvalue weighted by Crippen LogP contribution is -2.40. The van der Waals surface area contributed by atoms with Crippen molar-refractivity contribution in [2.45, 2.75) is 31.9 Å². The normalized spacial score (nSPS) is 13.8. The number of nitrogens with zero attached hydrogens (tertiary/aromatic N) is 1. The summed E-state index contributed by atoms with van der Waals surface area (Å²) in [5.74, 6) is -0.308. The predicted octanol–water partition coefficient (Wildman–Crippen LogP) is 1.41. The van der Waals surface area contributed by atoms with Crippen LogP contribution in [0.15, 0.2) is 35.5 Å². The van der Waals surface area contributed by atoms with Crippen LogP contribution in [0.25, 0.3) is 0 Å². The van der Waals surface area contributed by atoms with E-state index in [4.69, 9.17) is 15.7 Å². The number of amidine groups is 1. The summed E-state index contributed by atoms with van der Waals surface area (Å²) in [6, 6.07) is 8.41. The molecule has 0 saturated heterocycles. The van der Waals surface area contributed by atoms with E-state index in [1.54, 1.807) is 19.2 Å². The topological polar surface area (TPSA) is 96.9 Å². The van der Waals surface area contributed by atoms with Crippen molar-refractivity contribution in [1.29, 1.82) is 0 Å². The number of hydrogen-bond donors (Lipinski definition) is 3. The van der Waals surface area contributed by atoms with Crippen molar-refractivity contribution < 1.29 is 14.7 Å². The monoisotopic (exact) mass is 279 g/mol. The summed E-state index contributed by atoms with van der Waals surface area (Å²) in [4.78, 5) is 12.0. The van der Waals surface area contributed by atoms with Gasteiger partial charge in [-0.1, -0.05) is 35.5 Å². The summed E-state index contributed by atoms with van der Waals surface area (Å²) >= 11 is 0. The van der Waals surface area contributed by atoms with E-state index in [0.717, 1.165) is 5.56 Å². The van der Waals surface area contributed by atoms with Gasteiger partial charge in [-0.05, 0) is 19.4 Å². The summed E-state index contributed by atoms with van der Waals surface area (Å²) in [6.45, 7) is 3.63. The summed E-state index contributed by atoms with van der Waals surface area (Å²) in [6.07, 6.45) is 0.172. The SMILES string of the molecule is COC(C)(C)CC(=O)NC(/C(N)=N/O)c1ccccc1. The highest BCUT2D eigenvalue weighted by Gasteiger charge is 2.25. The molecule has 1 rings (SSSR count). The molecule has 0 saturated carbocycles. The van der Waals surface area contributed by atoms with Crippen LogP contribution in [0.4, 0.5) is 0 Å². The number of hydrogen-bond acceptors (Lipinski definition) is 4. The van der Waals surface area contributed by atoms with Gasteiger partial charge in [0, 0.05) is 7.11 Å². The average molecular weight is 279 g/mol. The number of oxime groups is 1. The van der Waals surface area contributed by atoms with Gasteiger partial charge in [0.25, 0.3) is 0 Å². The van der Waals surface area contributed by atoms with Crippen molar-refractivity contribution in [2.24, 2.45) is 10.9 Å². The molecule has 0 aliphatic heterocycles. The molecule has 20 heavy (non-hydrogen) atoms. The fourth-order valence-corrected chi connectivity index (χ4v) is 1.70. The Balaban J connectivity index is 2.85. The molecule has 1 unspecified atom stereocenters. The van der Waals surface area contributed by atoms with Gasteiger partial charge in [0.1, 0.15) is 6.04 Å². The number of nitrogens with one attached hydrogen (secondary N) is 1. The van der Waals surface area contributed by atoms with Gasteiger partial charge in [-0.3, -0.25) is 4.79 Å². The Hall–Kier alpha value is -2.08. The third-order valence-corrected chi connectivity index (χ3v) is 2.99. The van der Waals surface area contributed by atoms with Crippen LogP contribution in [0.2, 0.25) is 0 Å². The summed E-state index contributed by atoms with van der Waals surface area (Å²) < 4.78 is 5.21. The van der Waals surface area contributed by atoms with Crippen LogP contribution >= 0.6 is 0 Å². The molecule has 0 aromatic heterocycles. The first-order valence-corrected chi connectivity index (χ1v) is 6.26. The second-order valence-electron chi connectivity index (χ2n) is 5.08. The first kappa shape index (κ1) is 16.0. The van der Waals surface area contributed by atoms with Crippen molar-refractivity contribution in [1.82, 2.24) is 5.32 Å². The average Bonchev–Trinajstić information content (AvgIpc) is 2.44. The first-order chi connectivity index (χ1) is 9.39. The molecule has 6 heteroatoms. The number of carbonyl (C=O) groups excluding carboxylic acids is 1. The predicted molar refractivity (Wildman–Crippen MR) is 76.4 cm³/mol. The van der Waals surface area contributed by atoms with E-state index >= 15 is 0 Å². The number of benzene rings is 1.